The fourth-order valence-corrected chi connectivity index (χ4v) is 8.29. The number of nitrogens with one attached hydrogen (secondary N) is 1. The van der Waals surface area contributed by atoms with Crippen molar-refractivity contribution in [1.29, 1.82) is 5.26 Å². The molecule has 0 radical (unpaired) electrons. The lowest BCUT2D eigenvalue weighted by molar-refractivity contribution is -0.143. The maximum absolute atomic E-state index is 15.7. The number of unbranched alkanes of at least 4 members (excludes halogenated alkanes) is 3. The summed E-state index contributed by atoms with van der Waals surface area (Å²) in [7, 11) is 0. The van der Waals surface area contributed by atoms with Crippen LogP contribution >= 0.6 is 0 Å². The molecule has 8 rings (SSSR count). The number of amides is 4. The standard InChI is InChI=1S/C48H41F4N7O5/c49-39-27-32(23-24-33(39)31-58-45(62)59(44(61)46(58)25-14-26-46)37-28-38(48(50,51)52)40(29-53)54-30-37)43-55-42(63-57-43)22-13-2-1-12-21-41(60)56-64-47(34-15-6-3-7-16-34,35-17-8-4-9-18-35)36-19-10-5-11-20-36/h3-11,15-20,23-24,27-28,30H,1-2,12-14,21-22,25-26,31H2,(H,56,60). The molecule has 4 aromatic carbocycles. The van der Waals surface area contributed by atoms with Crippen LogP contribution in [0.25, 0.3) is 11.4 Å². The zero-order chi connectivity index (χ0) is 44.9. The van der Waals surface area contributed by atoms with Gasteiger partial charge in [-0.25, -0.2) is 24.5 Å². The predicted molar refractivity (Wildman–Crippen MR) is 224 cm³/mol. The van der Waals surface area contributed by atoms with E-state index in [1.54, 1.807) is 6.07 Å². The van der Waals surface area contributed by atoms with Crippen LogP contribution in [-0.4, -0.2) is 43.4 Å². The van der Waals surface area contributed by atoms with Crippen LogP contribution in [0.3, 0.4) is 0 Å². The van der Waals surface area contributed by atoms with Crippen molar-refractivity contribution in [2.45, 2.75) is 81.6 Å². The van der Waals surface area contributed by atoms with Crippen LogP contribution < -0.4 is 10.4 Å². The zero-order valence-corrected chi connectivity index (χ0v) is 34.4. The molecule has 1 N–H and O–H groups in total. The lowest BCUT2D eigenvalue weighted by Crippen LogP contribution is -2.54. The molecule has 4 amide bonds. The number of pyridine rings is 1. The molecule has 2 fully saturated rings. The van der Waals surface area contributed by atoms with Crippen molar-refractivity contribution < 1.29 is 41.3 Å². The molecule has 1 aliphatic carbocycles. The number of imide groups is 1. The summed E-state index contributed by atoms with van der Waals surface area (Å²) in [5.41, 5.74) is 0.570. The maximum Gasteiger partial charge on any atom is 0.419 e. The van der Waals surface area contributed by atoms with E-state index in [-0.39, 0.29) is 43.1 Å². The first-order chi connectivity index (χ1) is 30.9. The summed E-state index contributed by atoms with van der Waals surface area (Å²) < 4.78 is 62.2. The molecule has 3 heterocycles. The number of nitriles is 1. The summed E-state index contributed by atoms with van der Waals surface area (Å²) >= 11 is 0. The summed E-state index contributed by atoms with van der Waals surface area (Å²) in [6, 6.07) is 34.4. The smallest absolute Gasteiger partial charge is 0.339 e. The first kappa shape index (κ1) is 43.4. The Morgan fingerprint density at radius 1 is 0.859 bits per heavy atom. The molecular weight excluding hydrogens is 831 g/mol. The molecule has 0 unspecified atom stereocenters. The number of carbonyl (C=O) groups excluding carboxylic acids is 3. The first-order valence-electron chi connectivity index (χ1n) is 20.8. The number of benzene rings is 4. The van der Waals surface area contributed by atoms with Crippen LogP contribution in [0, 0.1) is 17.1 Å². The Bertz CT molecular complexity index is 2590. The average molecular weight is 872 g/mol. The predicted octanol–water partition coefficient (Wildman–Crippen LogP) is 9.59. The van der Waals surface area contributed by atoms with Gasteiger partial charge in [0, 0.05) is 24.0 Å². The van der Waals surface area contributed by atoms with Crippen LogP contribution in [0.5, 0.6) is 0 Å². The van der Waals surface area contributed by atoms with Gasteiger partial charge in [-0.2, -0.15) is 23.4 Å². The molecule has 0 bridgehead atoms. The van der Waals surface area contributed by atoms with Crippen LogP contribution in [0.15, 0.2) is 126 Å². The molecule has 1 spiro atoms. The molecule has 326 valence electrons. The molecule has 0 atom stereocenters. The fourth-order valence-electron chi connectivity index (χ4n) is 8.29. The minimum Gasteiger partial charge on any atom is -0.339 e. The van der Waals surface area contributed by atoms with Gasteiger partial charge in [0.15, 0.2) is 11.3 Å². The Morgan fingerprint density at radius 3 is 2.05 bits per heavy atom. The molecular formula is C48H41F4N7O5. The second kappa shape index (κ2) is 18.2. The third-order valence-corrected chi connectivity index (χ3v) is 11.8. The minimum absolute atomic E-state index is 0.0684. The third kappa shape index (κ3) is 8.46. The highest BCUT2D eigenvalue weighted by Gasteiger charge is 2.61. The second-order valence-electron chi connectivity index (χ2n) is 15.7. The van der Waals surface area contributed by atoms with E-state index in [1.807, 2.05) is 91.0 Å². The van der Waals surface area contributed by atoms with Crippen molar-refractivity contribution >= 4 is 23.5 Å². The number of aromatic nitrogens is 3. The van der Waals surface area contributed by atoms with Crippen molar-refractivity contribution in [3.8, 4) is 17.5 Å². The van der Waals surface area contributed by atoms with Crippen molar-refractivity contribution in [2.75, 3.05) is 4.90 Å². The highest BCUT2D eigenvalue weighted by atomic mass is 19.4. The zero-order valence-electron chi connectivity index (χ0n) is 34.4. The normalized spacial score (nSPS) is 14.7. The highest BCUT2D eigenvalue weighted by molar-refractivity contribution is 6.23. The van der Waals surface area contributed by atoms with Crippen molar-refractivity contribution in [1.82, 2.24) is 25.5 Å². The van der Waals surface area contributed by atoms with E-state index in [4.69, 9.17) is 14.6 Å². The largest absolute Gasteiger partial charge is 0.419 e. The summed E-state index contributed by atoms with van der Waals surface area (Å²) in [4.78, 5) is 56.7. The Hall–Kier alpha value is -7.25. The summed E-state index contributed by atoms with van der Waals surface area (Å²) in [5.74, 6) is -1.19. The SMILES string of the molecule is N#Cc1ncc(N2C(=O)N(Cc3ccc(-c4noc(CCCCCCC(=O)NOC(c5ccccc5)(c5ccccc5)c5ccccc5)n4)cc3F)C3(CCC3)C2=O)cc1C(F)(F)F. The summed E-state index contributed by atoms with van der Waals surface area (Å²) in [5, 5.41) is 13.2. The van der Waals surface area contributed by atoms with Crippen molar-refractivity contribution in [3.63, 3.8) is 0 Å². The number of alkyl halides is 3. The van der Waals surface area contributed by atoms with Gasteiger partial charge in [0.2, 0.25) is 17.6 Å². The molecule has 1 saturated heterocycles. The first-order valence-corrected chi connectivity index (χ1v) is 20.8. The van der Waals surface area contributed by atoms with Crippen molar-refractivity contribution in [2.24, 2.45) is 0 Å². The molecule has 6 aromatic rings. The molecule has 64 heavy (non-hydrogen) atoms. The van der Waals surface area contributed by atoms with E-state index in [9.17, 15) is 27.6 Å². The molecule has 12 nitrogen and oxygen atoms in total. The Labute approximate surface area is 365 Å². The van der Waals surface area contributed by atoms with Crippen molar-refractivity contribution in [3.05, 3.63) is 167 Å². The molecule has 16 heteroatoms. The van der Waals surface area contributed by atoms with E-state index in [0.29, 0.717) is 48.1 Å². The number of aryl methyl sites for hydroxylation is 1. The summed E-state index contributed by atoms with van der Waals surface area (Å²) in [6.07, 6.45) is 0.556. The molecule has 1 aliphatic heterocycles. The Balaban J connectivity index is 0.841. The minimum atomic E-state index is -4.96. The topological polar surface area (TPSA) is 155 Å². The maximum atomic E-state index is 15.7. The molecule has 2 aliphatic rings. The van der Waals surface area contributed by atoms with Gasteiger partial charge in [0.1, 0.15) is 17.4 Å². The summed E-state index contributed by atoms with van der Waals surface area (Å²) in [6.45, 7) is -0.328. The second-order valence-corrected chi connectivity index (χ2v) is 15.7. The number of halogens is 4. The number of hydroxylamine groups is 1. The van der Waals surface area contributed by atoms with Gasteiger partial charge in [-0.3, -0.25) is 14.4 Å². The number of carbonyl (C=O) groups is 3. The number of anilines is 1. The van der Waals surface area contributed by atoms with Gasteiger partial charge in [0.25, 0.3) is 5.91 Å². The number of nitrogens with zero attached hydrogens (tertiary/aromatic N) is 6. The van der Waals surface area contributed by atoms with Crippen LogP contribution in [0.2, 0.25) is 0 Å². The van der Waals surface area contributed by atoms with Gasteiger partial charge in [-0.15, -0.1) is 0 Å². The van der Waals surface area contributed by atoms with Crippen LogP contribution in [0.1, 0.15) is 90.8 Å². The van der Waals surface area contributed by atoms with Gasteiger partial charge >= 0.3 is 12.2 Å². The van der Waals surface area contributed by atoms with E-state index >= 15 is 4.39 Å². The average Bonchev–Trinajstić information content (AvgIpc) is 3.85. The Kier molecular flexibility index (Phi) is 12.4. The number of hydrogen-bond donors (Lipinski definition) is 1. The highest BCUT2D eigenvalue weighted by Crippen LogP contribution is 2.47. The van der Waals surface area contributed by atoms with Crippen LogP contribution in [-0.2, 0) is 39.2 Å². The number of hydrogen-bond acceptors (Lipinski definition) is 9. The van der Waals surface area contributed by atoms with E-state index in [1.165, 1.54) is 23.1 Å². The molecule has 1 saturated carbocycles. The van der Waals surface area contributed by atoms with E-state index in [2.05, 4.69) is 20.6 Å². The van der Waals surface area contributed by atoms with E-state index < -0.39 is 52.0 Å². The molecule has 2 aromatic heterocycles. The number of rotatable bonds is 16. The van der Waals surface area contributed by atoms with Gasteiger partial charge in [-0.05, 0) is 60.9 Å². The fraction of sp³-hybridized carbons (Fsp3) is 0.271. The van der Waals surface area contributed by atoms with E-state index in [0.717, 1.165) is 35.7 Å². The lowest BCUT2D eigenvalue weighted by Gasteiger charge is -2.42. The Morgan fingerprint density at radius 2 is 1.48 bits per heavy atom. The van der Waals surface area contributed by atoms with Gasteiger partial charge < -0.3 is 9.42 Å². The monoisotopic (exact) mass is 871 g/mol. The van der Waals surface area contributed by atoms with Gasteiger partial charge in [-0.1, -0.05) is 121 Å². The van der Waals surface area contributed by atoms with Gasteiger partial charge in [0.05, 0.1) is 24.0 Å². The van der Waals surface area contributed by atoms with Crippen LogP contribution in [0.4, 0.5) is 28.0 Å². The number of urea groups is 1. The quantitative estimate of drug-likeness (QED) is 0.0329. The lowest BCUT2D eigenvalue weighted by atomic mass is 9.75. The third-order valence-electron chi connectivity index (χ3n) is 11.8.